The van der Waals surface area contributed by atoms with E-state index in [-0.39, 0.29) is 0 Å². The molecule has 0 saturated carbocycles. The van der Waals surface area contributed by atoms with Gasteiger partial charge in [-0.15, -0.1) is 0 Å². The smallest absolute Gasteiger partial charge is 0.326 e. The van der Waals surface area contributed by atoms with Crippen LogP contribution in [0.5, 0.6) is 0 Å². The van der Waals surface area contributed by atoms with E-state index in [1.807, 2.05) is 16.0 Å². The third-order valence-corrected chi connectivity index (χ3v) is 3.63. The number of aliphatic hydroxyl groups excluding tert-OH is 2. The van der Waals surface area contributed by atoms with E-state index in [0.717, 1.165) is 6.92 Å². The van der Waals surface area contributed by atoms with E-state index in [0.29, 0.717) is 0 Å². The summed E-state index contributed by atoms with van der Waals surface area (Å²) in [7, 11) is 0. The zero-order valence-electron chi connectivity index (χ0n) is 15.9. The van der Waals surface area contributed by atoms with Crippen LogP contribution in [-0.2, 0) is 28.8 Å². The molecule has 11 N–H and O–H groups in total. The molecule has 15 heteroatoms. The average Bonchev–Trinajstić information content (AvgIpc) is 2.62. The SMILES string of the molecule is CC(O)C(NC(=O)C(CC(=O)O)NC(=O)C(N)CO)C(=O)NC(CC(N)=O)C(=O)O. The Morgan fingerprint density at radius 3 is 1.80 bits per heavy atom. The number of amides is 4. The standard InChI is InChI=1S/C15H25N5O10/c1-5(22)11(14(28)19-8(15(29)30)2-9(17)23)20-13(27)7(3-10(24)25)18-12(26)6(16)4-21/h5-8,11,21-22H,2-4,16H2,1H3,(H2,17,23)(H,18,26)(H,19,28)(H,20,27)(H,24,25)(H,29,30). The van der Waals surface area contributed by atoms with Gasteiger partial charge < -0.3 is 47.8 Å². The zero-order chi connectivity index (χ0) is 23.6. The number of carbonyl (C=O) groups is 6. The zero-order valence-corrected chi connectivity index (χ0v) is 15.9. The summed E-state index contributed by atoms with van der Waals surface area (Å²) < 4.78 is 0. The number of aliphatic carboxylic acids is 2. The molecule has 0 aromatic heterocycles. The minimum atomic E-state index is -1.77. The molecule has 170 valence electrons. The molecule has 4 amide bonds. The lowest BCUT2D eigenvalue weighted by Crippen LogP contribution is -2.60. The molecule has 0 fully saturated rings. The lowest BCUT2D eigenvalue weighted by atomic mass is 10.1. The van der Waals surface area contributed by atoms with Gasteiger partial charge in [-0.2, -0.15) is 0 Å². The predicted molar refractivity (Wildman–Crippen MR) is 96.2 cm³/mol. The third kappa shape index (κ3) is 9.26. The largest absolute Gasteiger partial charge is 0.481 e. The number of nitrogens with one attached hydrogen (secondary N) is 3. The maximum Gasteiger partial charge on any atom is 0.326 e. The number of hydrogen-bond donors (Lipinski definition) is 9. The summed E-state index contributed by atoms with van der Waals surface area (Å²) in [5.41, 5.74) is 10.2. The topological polar surface area (TPSA) is 271 Å². The Balaban J connectivity index is 5.42. The maximum atomic E-state index is 12.4. The monoisotopic (exact) mass is 435 g/mol. The van der Waals surface area contributed by atoms with Gasteiger partial charge in [-0.1, -0.05) is 0 Å². The van der Waals surface area contributed by atoms with Crippen molar-refractivity contribution in [2.24, 2.45) is 11.5 Å². The molecule has 0 rings (SSSR count). The lowest BCUT2D eigenvalue weighted by Gasteiger charge is -2.25. The maximum absolute atomic E-state index is 12.4. The molecule has 5 atom stereocenters. The molecular weight excluding hydrogens is 410 g/mol. The molecule has 0 spiro atoms. The van der Waals surface area contributed by atoms with Crippen LogP contribution in [-0.4, -0.2) is 92.9 Å². The quantitative estimate of drug-likeness (QED) is 0.132. The first kappa shape index (κ1) is 26.7. The van der Waals surface area contributed by atoms with Crippen LogP contribution in [0.4, 0.5) is 0 Å². The highest BCUT2D eigenvalue weighted by atomic mass is 16.4. The minimum absolute atomic E-state index is 0.766. The molecule has 30 heavy (non-hydrogen) atoms. The first-order valence-corrected chi connectivity index (χ1v) is 8.48. The number of aliphatic hydroxyl groups is 2. The van der Waals surface area contributed by atoms with Gasteiger partial charge in [0.1, 0.15) is 24.2 Å². The van der Waals surface area contributed by atoms with Crippen LogP contribution >= 0.6 is 0 Å². The number of hydrogen-bond acceptors (Lipinski definition) is 9. The number of carbonyl (C=O) groups excluding carboxylic acids is 4. The second kappa shape index (κ2) is 12.3. The van der Waals surface area contributed by atoms with Crippen LogP contribution in [0.3, 0.4) is 0 Å². The Labute approximate surface area is 169 Å². The van der Waals surface area contributed by atoms with Crippen molar-refractivity contribution in [3.8, 4) is 0 Å². The van der Waals surface area contributed by atoms with Crippen LogP contribution in [0, 0.1) is 0 Å². The van der Waals surface area contributed by atoms with Gasteiger partial charge in [0.2, 0.25) is 23.6 Å². The fraction of sp³-hybridized carbons (Fsp3) is 0.600. The molecular formula is C15H25N5O10. The molecule has 15 nitrogen and oxygen atoms in total. The number of carboxylic acids is 2. The van der Waals surface area contributed by atoms with Gasteiger partial charge in [-0.05, 0) is 6.92 Å². The Morgan fingerprint density at radius 2 is 1.40 bits per heavy atom. The van der Waals surface area contributed by atoms with E-state index in [1.165, 1.54) is 0 Å². The average molecular weight is 435 g/mol. The van der Waals surface area contributed by atoms with Gasteiger partial charge >= 0.3 is 11.9 Å². The van der Waals surface area contributed by atoms with Gasteiger partial charge in [0.25, 0.3) is 0 Å². The van der Waals surface area contributed by atoms with Crippen molar-refractivity contribution in [1.29, 1.82) is 0 Å². The molecule has 5 unspecified atom stereocenters. The van der Waals surface area contributed by atoms with Crippen LogP contribution in [0.2, 0.25) is 0 Å². The van der Waals surface area contributed by atoms with Crippen LogP contribution < -0.4 is 27.4 Å². The van der Waals surface area contributed by atoms with E-state index < -0.39 is 85.3 Å². The van der Waals surface area contributed by atoms with Gasteiger partial charge in [0.15, 0.2) is 0 Å². The fourth-order valence-electron chi connectivity index (χ4n) is 2.07. The van der Waals surface area contributed by atoms with Gasteiger partial charge in [-0.25, -0.2) is 4.79 Å². The van der Waals surface area contributed by atoms with Gasteiger partial charge in [0.05, 0.1) is 25.6 Å². The summed E-state index contributed by atoms with van der Waals surface area (Å²) >= 11 is 0. The van der Waals surface area contributed by atoms with Crippen molar-refractivity contribution in [3.63, 3.8) is 0 Å². The van der Waals surface area contributed by atoms with E-state index in [1.54, 1.807) is 0 Å². The van der Waals surface area contributed by atoms with Crippen molar-refractivity contribution >= 4 is 35.6 Å². The normalized spacial score (nSPS) is 15.6. The minimum Gasteiger partial charge on any atom is -0.481 e. The summed E-state index contributed by atoms with van der Waals surface area (Å²) in [6, 6.07) is -6.70. The molecule has 0 aliphatic rings. The summed E-state index contributed by atoms with van der Waals surface area (Å²) in [5.74, 6) is -7.61. The molecule has 0 radical (unpaired) electrons. The molecule has 0 heterocycles. The molecule has 0 aliphatic heterocycles. The van der Waals surface area contributed by atoms with Crippen molar-refractivity contribution < 1.29 is 49.2 Å². The summed E-state index contributed by atoms with van der Waals surface area (Å²) in [6.07, 6.45) is -3.28. The molecule has 0 aliphatic carbocycles. The van der Waals surface area contributed by atoms with Gasteiger partial charge in [-0.3, -0.25) is 24.0 Å². The summed E-state index contributed by atoms with van der Waals surface area (Å²) in [6.45, 7) is 0.281. The Morgan fingerprint density at radius 1 is 0.867 bits per heavy atom. The van der Waals surface area contributed by atoms with Crippen molar-refractivity contribution in [3.05, 3.63) is 0 Å². The van der Waals surface area contributed by atoms with Crippen LogP contribution in [0.15, 0.2) is 0 Å². The Hall–Kier alpha value is -3.30. The lowest BCUT2D eigenvalue weighted by molar-refractivity contribution is -0.145. The number of nitrogens with two attached hydrogens (primary N) is 2. The summed E-state index contributed by atoms with van der Waals surface area (Å²) in [5, 5.41) is 42.4. The van der Waals surface area contributed by atoms with Crippen LogP contribution in [0.1, 0.15) is 19.8 Å². The van der Waals surface area contributed by atoms with Crippen molar-refractivity contribution in [2.75, 3.05) is 6.61 Å². The summed E-state index contributed by atoms with van der Waals surface area (Å²) in [4.78, 5) is 69.4. The third-order valence-electron chi connectivity index (χ3n) is 3.63. The second-order valence-corrected chi connectivity index (χ2v) is 6.24. The highest BCUT2D eigenvalue weighted by Crippen LogP contribution is 2.01. The highest BCUT2D eigenvalue weighted by Gasteiger charge is 2.33. The van der Waals surface area contributed by atoms with E-state index >= 15 is 0 Å². The molecule has 0 saturated heterocycles. The number of rotatable bonds is 13. The van der Waals surface area contributed by atoms with E-state index in [2.05, 4.69) is 0 Å². The molecule has 0 aromatic rings. The van der Waals surface area contributed by atoms with Crippen molar-refractivity contribution in [2.45, 2.75) is 50.0 Å². The highest BCUT2D eigenvalue weighted by molar-refractivity contribution is 5.96. The van der Waals surface area contributed by atoms with Gasteiger partial charge in [0, 0.05) is 0 Å². The Kier molecular flexibility index (Phi) is 10.9. The molecule has 0 bridgehead atoms. The van der Waals surface area contributed by atoms with E-state index in [4.69, 9.17) is 26.8 Å². The molecule has 0 aromatic carbocycles. The first-order valence-electron chi connectivity index (χ1n) is 8.48. The number of carboxylic acid groups (broad SMARTS) is 2. The van der Waals surface area contributed by atoms with Crippen molar-refractivity contribution in [1.82, 2.24) is 16.0 Å². The van der Waals surface area contributed by atoms with E-state index in [9.17, 15) is 33.9 Å². The Bertz CT molecular complexity index is 683. The fourth-order valence-corrected chi connectivity index (χ4v) is 2.07. The first-order chi connectivity index (χ1) is 13.8. The predicted octanol–water partition coefficient (Wildman–Crippen LogP) is -5.42. The number of primary amides is 1. The van der Waals surface area contributed by atoms with Crippen LogP contribution in [0.25, 0.3) is 0 Å². The second-order valence-electron chi connectivity index (χ2n) is 6.24.